The molecule has 1 amide bonds. The summed E-state index contributed by atoms with van der Waals surface area (Å²) in [5, 5.41) is 12.7. The van der Waals surface area contributed by atoms with Crippen LogP contribution < -0.4 is 5.32 Å². The molecular formula is C17H30N2O. The predicted octanol–water partition coefficient (Wildman–Crippen LogP) is 4.18. The highest BCUT2D eigenvalue weighted by atomic mass is 16.2. The van der Waals surface area contributed by atoms with Gasteiger partial charge in [0.05, 0.1) is 6.07 Å². The summed E-state index contributed by atoms with van der Waals surface area (Å²) >= 11 is 0. The first-order valence-electron chi connectivity index (χ1n) is 8.11. The van der Waals surface area contributed by atoms with Crippen molar-refractivity contribution in [3.8, 4) is 6.07 Å². The van der Waals surface area contributed by atoms with E-state index in [9.17, 15) is 10.1 Å². The van der Waals surface area contributed by atoms with E-state index in [1.807, 2.05) is 13.8 Å². The van der Waals surface area contributed by atoms with Gasteiger partial charge in [0.15, 0.2) is 0 Å². The number of hydrogen-bond acceptors (Lipinski definition) is 2. The Morgan fingerprint density at radius 2 is 1.95 bits per heavy atom. The molecule has 0 aromatic carbocycles. The minimum absolute atomic E-state index is 0.0357. The molecule has 20 heavy (non-hydrogen) atoms. The first-order valence-corrected chi connectivity index (χ1v) is 8.11. The lowest BCUT2D eigenvalue weighted by Gasteiger charge is -2.37. The number of nitriles is 1. The number of amides is 1. The molecule has 1 atom stereocenters. The van der Waals surface area contributed by atoms with Crippen molar-refractivity contribution in [2.24, 2.45) is 10.8 Å². The molecule has 3 nitrogen and oxygen atoms in total. The molecule has 0 aliphatic heterocycles. The number of carbonyl (C=O) groups is 1. The first-order chi connectivity index (χ1) is 9.39. The van der Waals surface area contributed by atoms with Gasteiger partial charge in [-0.15, -0.1) is 0 Å². The van der Waals surface area contributed by atoms with Crippen LogP contribution in [0.1, 0.15) is 79.1 Å². The second-order valence-corrected chi connectivity index (χ2v) is 7.12. The Morgan fingerprint density at radius 3 is 2.40 bits per heavy atom. The molecule has 1 saturated carbocycles. The zero-order chi connectivity index (χ0) is 15.2. The van der Waals surface area contributed by atoms with Gasteiger partial charge in [-0.05, 0) is 37.5 Å². The summed E-state index contributed by atoms with van der Waals surface area (Å²) in [6, 6.07) is 2.56. The lowest BCUT2D eigenvalue weighted by Crippen LogP contribution is -2.47. The molecule has 0 radical (unpaired) electrons. The maximum Gasteiger partial charge on any atom is 0.240 e. The van der Waals surface area contributed by atoms with Crippen LogP contribution in [-0.4, -0.2) is 11.9 Å². The Hall–Kier alpha value is -1.04. The molecule has 1 aliphatic carbocycles. The molecule has 1 fully saturated rings. The van der Waals surface area contributed by atoms with E-state index in [0.29, 0.717) is 18.3 Å². The van der Waals surface area contributed by atoms with Crippen LogP contribution in [-0.2, 0) is 4.79 Å². The molecule has 3 heteroatoms. The molecule has 1 aliphatic rings. The molecule has 0 aromatic heterocycles. The highest BCUT2D eigenvalue weighted by Crippen LogP contribution is 2.36. The quantitative estimate of drug-likeness (QED) is 0.792. The van der Waals surface area contributed by atoms with Gasteiger partial charge in [0, 0.05) is 6.04 Å². The van der Waals surface area contributed by atoms with Gasteiger partial charge in [0.2, 0.25) is 5.91 Å². The average Bonchev–Trinajstić information content (AvgIpc) is 2.37. The lowest BCUT2D eigenvalue weighted by atomic mass is 9.74. The molecule has 1 N–H and O–H groups in total. The second kappa shape index (κ2) is 7.11. The standard InChI is InChI=1S/C17H30N2O/c1-5-9-17(13-18,10-6-2)15(20)19-14-8-7-11-16(3,4)12-14/h14H,5-12H2,1-4H3,(H,19,20). The largest absolute Gasteiger partial charge is 0.352 e. The van der Waals surface area contributed by atoms with Gasteiger partial charge < -0.3 is 5.32 Å². The third-order valence-corrected chi connectivity index (χ3v) is 4.54. The summed E-state index contributed by atoms with van der Waals surface area (Å²) in [6.45, 7) is 8.61. The van der Waals surface area contributed by atoms with Gasteiger partial charge in [-0.25, -0.2) is 0 Å². The van der Waals surface area contributed by atoms with Crippen LogP contribution in [0.4, 0.5) is 0 Å². The van der Waals surface area contributed by atoms with E-state index in [1.54, 1.807) is 0 Å². The van der Waals surface area contributed by atoms with Crippen LogP contribution in [0, 0.1) is 22.2 Å². The number of hydrogen-bond donors (Lipinski definition) is 1. The summed E-state index contributed by atoms with van der Waals surface area (Å²) in [7, 11) is 0. The summed E-state index contributed by atoms with van der Waals surface area (Å²) < 4.78 is 0. The average molecular weight is 278 g/mol. The Bertz CT molecular complexity index is 362. The second-order valence-electron chi connectivity index (χ2n) is 7.12. The van der Waals surface area contributed by atoms with E-state index < -0.39 is 5.41 Å². The van der Waals surface area contributed by atoms with E-state index in [1.165, 1.54) is 12.8 Å². The highest BCUT2D eigenvalue weighted by molar-refractivity contribution is 5.85. The minimum Gasteiger partial charge on any atom is -0.352 e. The maximum atomic E-state index is 12.6. The van der Waals surface area contributed by atoms with Gasteiger partial charge in [0.25, 0.3) is 0 Å². The van der Waals surface area contributed by atoms with Crippen LogP contribution in [0.3, 0.4) is 0 Å². The van der Waals surface area contributed by atoms with E-state index in [4.69, 9.17) is 0 Å². The first kappa shape index (κ1) is 17.0. The molecule has 114 valence electrons. The minimum atomic E-state index is -0.814. The zero-order valence-corrected chi connectivity index (χ0v) is 13.6. The smallest absolute Gasteiger partial charge is 0.240 e. The predicted molar refractivity (Wildman–Crippen MR) is 82.0 cm³/mol. The van der Waals surface area contributed by atoms with Crippen molar-refractivity contribution in [1.82, 2.24) is 5.32 Å². The fourth-order valence-electron chi connectivity index (χ4n) is 3.51. The molecule has 0 aromatic rings. The molecule has 1 rings (SSSR count). The van der Waals surface area contributed by atoms with E-state index in [0.717, 1.165) is 25.7 Å². The van der Waals surface area contributed by atoms with E-state index in [-0.39, 0.29) is 11.9 Å². The van der Waals surface area contributed by atoms with E-state index in [2.05, 4.69) is 25.2 Å². The van der Waals surface area contributed by atoms with Gasteiger partial charge in [-0.3, -0.25) is 4.79 Å². The molecule has 0 spiro atoms. The third-order valence-electron chi connectivity index (χ3n) is 4.54. The van der Waals surface area contributed by atoms with Gasteiger partial charge in [0.1, 0.15) is 5.41 Å². The van der Waals surface area contributed by atoms with Crippen molar-refractivity contribution >= 4 is 5.91 Å². The molecule has 0 heterocycles. The number of rotatable bonds is 6. The molecule has 0 bridgehead atoms. The maximum absolute atomic E-state index is 12.6. The fraction of sp³-hybridized carbons (Fsp3) is 0.882. The van der Waals surface area contributed by atoms with Crippen LogP contribution in [0.2, 0.25) is 0 Å². The normalized spacial score (nSPS) is 22.1. The number of carbonyl (C=O) groups excluding carboxylic acids is 1. The van der Waals surface area contributed by atoms with Crippen LogP contribution in [0.25, 0.3) is 0 Å². The van der Waals surface area contributed by atoms with Gasteiger partial charge >= 0.3 is 0 Å². The van der Waals surface area contributed by atoms with Gasteiger partial charge in [-0.2, -0.15) is 5.26 Å². The van der Waals surface area contributed by atoms with Crippen molar-refractivity contribution in [3.63, 3.8) is 0 Å². The Balaban J connectivity index is 2.73. The summed E-state index contributed by atoms with van der Waals surface area (Å²) in [5.41, 5.74) is -0.508. The number of nitrogens with one attached hydrogen (secondary N) is 1. The van der Waals surface area contributed by atoms with Crippen molar-refractivity contribution < 1.29 is 4.79 Å². The monoisotopic (exact) mass is 278 g/mol. The SMILES string of the molecule is CCCC(C#N)(CCC)C(=O)NC1CCCC(C)(C)C1. The lowest BCUT2D eigenvalue weighted by molar-refractivity contribution is -0.130. The Kier molecular flexibility index (Phi) is 6.05. The number of nitrogens with zero attached hydrogens (tertiary/aromatic N) is 1. The highest BCUT2D eigenvalue weighted by Gasteiger charge is 2.39. The topological polar surface area (TPSA) is 52.9 Å². The van der Waals surface area contributed by atoms with Crippen molar-refractivity contribution in [2.75, 3.05) is 0 Å². The molecular weight excluding hydrogens is 248 g/mol. The van der Waals surface area contributed by atoms with E-state index >= 15 is 0 Å². The van der Waals surface area contributed by atoms with Crippen molar-refractivity contribution in [1.29, 1.82) is 5.26 Å². The van der Waals surface area contributed by atoms with Crippen LogP contribution in [0.15, 0.2) is 0 Å². The third kappa shape index (κ3) is 4.23. The Morgan fingerprint density at radius 1 is 1.35 bits per heavy atom. The fourth-order valence-corrected chi connectivity index (χ4v) is 3.51. The van der Waals surface area contributed by atoms with Crippen molar-refractivity contribution in [2.45, 2.75) is 85.1 Å². The van der Waals surface area contributed by atoms with Crippen LogP contribution >= 0.6 is 0 Å². The molecule has 1 unspecified atom stereocenters. The summed E-state index contributed by atoms with van der Waals surface area (Å²) in [5.74, 6) is -0.0357. The Labute approximate surface area is 124 Å². The van der Waals surface area contributed by atoms with Crippen LogP contribution in [0.5, 0.6) is 0 Å². The van der Waals surface area contributed by atoms with Gasteiger partial charge in [-0.1, -0.05) is 47.0 Å². The zero-order valence-electron chi connectivity index (χ0n) is 13.6. The molecule has 0 saturated heterocycles. The summed E-state index contributed by atoms with van der Waals surface area (Å²) in [4.78, 5) is 12.6. The van der Waals surface area contributed by atoms with Crippen molar-refractivity contribution in [3.05, 3.63) is 0 Å². The summed E-state index contributed by atoms with van der Waals surface area (Å²) in [6.07, 6.45) is 7.55.